The monoisotopic (exact) mass is 752 g/mol. The average molecular weight is 752 g/mol. The summed E-state index contributed by atoms with van der Waals surface area (Å²) in [6, 6.07) is -4.70. The lowest BCUT2D eigenvalue weighted by molar-refractivity contribution is -0.162. The number of hydrogen-bond acceptors (Lipinski definition) is 10. The van der Waals surface area contributed by atoms with Gasteiger partial charge in [0.1, 0.15) is 12.1 Å². The van der Waals surface area contributed by atoms with Gasteiger partial charge in [0, 0.05) is 6.42 Å². The summed E-state index contributed by atoms with van der Waals surface area (Å²) in [6.07, 6.45) is 9.65. The molecule has 0 heterocycles. The van der Waals surface area contributed by atoms with Crippen molar-refractivity contribution in [3.05, 3.63) is 12.2 Å². The van der Waals surface area contributed by atoms with E-state index >= 15 is 0 Å². The van der Waals surface area contributed by atoms with Gasteiger partial charge < -0.3 is 37.4 Å². The highest BCUT2D eigenvalue weighted by Gasteiger charge is 2.44. The molecule has 0 rings (SSSR count). The third kappa shape index (κ3) is 19.3. The van der Waals surface area contributed by atoms with Gasteiger partial charge in [-0.1, -0.05) is 80.4 Å². The summed E-state index contributed by atoms with van der Waals surface area (Å²) in [5.74, 6) is -5.62. The summed E-state index contributed by atoms with van der Waals surface area (Å²) < 4.78 is 0. The molecule has 304 valence electrons. The Morgan fingerprint density at radius 1 is 0.717 bits per heavy atom. The average Bonchev–Trinajstić information content (AvgIpc) is 3.10. The van der Waals surface area contributed by atoms with Crippen molar-refractivity contribution in [3.63, 3.8) is 0 Å². The van der Waals surface area contributed by atoms with Crippen molar-refractivity contribution in [2.75, 3.05) is 26.2 Å². The number of nitrogens with two attached hydrogens (primary N) is 2. The van der Waals surface area contributed by atoms with Crippen LogP contribution in [0.15, 0.2) is 12.2 Å². The summed E-state index contributed by atoms with van der Waals surface area (Å²) in [5.41, 5.74) is 11.6. The fourth-order valence-corrected chi connectivity index (χ4v) is 5.71. The van der Waals surface area contributed by atoms with Crippen molar-refractivity contribution >= 4 is 41.4 Å². The number of carbonyl (C=O) groups excluding carboxylic acids is 7. The minimum absolute atomic E-state index is 0.0154. The maximum Gasteiger partial charge on any atom is 0.258 e. The molecule has 15 heteroatoms. The van der Waals surface area contributed by atoms with Crippen LogP contribution in [-0.4, -0.2) is 107 Å². The highest BCUT2D eigenvalue weighted by Crippen LogP contribution is 2.24. The lowest BCUT2D eigenvalue weighted by atomic mass is 9.93. The van der Waals surface area contributed by atoms with E-state index in [9.17, 15) is 38.7 Å². The first-order chi connectivity index (χ1) is 24.9. The Morgan fingerprint density at radius 2 is 1.28 bits per heavy atom. The summed E-state index contributed by atoms with van der Waals surface area (Å²) >= 11 is 0. The van der Waals surface area contributed by atoms with Gasteiger partial charge in [-0.15, -0.1) is 0 Å². The molecule has 0 aliphatic carbocycles. The molecular formula is C38H69N7O8. The third-order valence-electron chi connectivity index (χ3n) is 8.45. The van der Waals surface area contributed by atoms with E-state index in [1.54, 1.807) is 20.8 Å². The van der Waals surface area contributed by atoms with Crippen LogP contribution < -0.4 is 27.4 Å². The molecule has 0 aromatic carbocycles. The molecule has 0 radical (unpaired) electrons. The molecule has 0 bridgehead atoms. The van der Waals surface area contributed by atoms with Crippen molar-refractivity contribution in [1.29, 1.82) is 0 Å². The maximum atomic E-state index is 14.6. The molecule has 0 aliphatic rings. The van der Waals surface area contributed by atoms with E-state index in [0.29, 0.717) is 11.3 Å². The second-order valence-electron chi connectivity index (χ2n) is 14.8. The summed E-state index contributed by atoms with van der Waals surface area (Å²) in [5, 5.41) is 18.3. The van der Waals surface area contributed by atoms with Crippen LogP contribution in [0, 0.1) is 17.8 Å². The molecule has 0 aromatic heterocycles. The van der Waals surface area contributed by atoms with Gasteiger partial charge in [-0.2, -0.15) is 0 Å². The van der Waals surface area contributed by atoms with E-state index in [1.165, 1.54) is 4.90 Å². The minimum Gasteiger partial charge on any atom is -0.394 e. The van der Waals surface area contributed by atoms with Gasteiger partial charge in [-0.3, -0.25) is 33.6 Å². The van der Waals surface area contributed by atoms with Crippen molar-refractivity contribution in [2.24, 2.45) is 29.2 Å². The van der Waals surface area contributed by atoms with E-state index in [-0.39, 0.29) is 62.3 Å². The fraction of sp³-hybridized carbons (Fsp3) is 0.763. The summed E-state index contributed by atoms with van der Waals surface area (Å²) in [7, 11) is 0. The first-order valence-electron chi connectivity index (χ1n) is 19.2. The molecule has 0 saturated carbocycles. The number of imide groups is 3. The lowest BCUT2D eigenvalue weighted by Crippen LogP contribution is -2.63. The molecule has 15 nitrogen and oxygen atoms in total. The van der Waals surface area contributed by atoms with Gasteiger partial charge in [0.25, 0.3) is 11.8 Å². The molecule has 0 aliphatic heterocycles. The smallest absolute Gasteiger partial charge is 0.258 e. The Bertz CT molecular complexity index is 1210. The van der Waals surface area contributed by atoms with Crippen LogP contribution in [0.3, 0.4) is 0 Å². The Morgan fingerprint density at radius 3 is 1.81 bits per heavy atom. The molecular weight excluding hydrogens is 682 g/mol. The van der Waals surface area contributed by atoms with Gasteiger partial charge in [0.2, 0.25) is 29.5 Å². The number of rotatable bonds is 26. The molecule has 8 N–H and O–H groups in total. The normalized spacial score (nSPS) is 13.8. The zero-order chi connectivity index (χ0) is 40.7. The van der Waals surface area contributed by atoms with Crippen molar-refractivity contribution < 1.29 is 38.7 Å². The largest absolute Gasteiger partial charge is 0.394 e. The van der Waals surface area contributed by atoms with Gasteiger partial charge in [0.15, 0.2) is 0 Å². The van der Waals surface area contributed by atoms with Gasteiger partial charge in [-0.05, 0) is 62.7 Å². The first kappa shape index (κ1) is 49.3. The predicted molar refractivity (Wildman–Crippen MR) is 205 cm³/mol. The van der Waals surface area contributed by atoms with Gasteiger partial charge in [0.05, 0.1) is 38.3 Å². The van der Waals surface area contributed by atoms with Crippen LogP contribution >= 0.6 is 0 Å². The SMILES string of the molecule is CCCCC/C=C/CCC(=O)NCC(=O)NCC(=O)N[C@@H](CC(C)C)C(=O)N(C(CO)CC(C)C)[C@@H](CC(C)C)C(=O)N(C(=O)CN)C(=O)C(N)CC. The quantitative estimate of drug-likeness (QED) is 0.0555. The third-order valence-corrected chi connectivity index (χ3v) is 8.45. The Hall–Kier alpha value is -3.69. The van der Waals surface area contributed by atoms with E-state index in [4.69, 9.17) is 11.5 Å². The van der Waals surface area contributed by atoms with E-state index < -0.39 is 79.3 Å². The number of aliphatic hydroxyl groups is 1. The highest BCUT2D eigenvalue weighted by atomic mass is 16.3. The van der Waals surface area contributed by atoms with E-state index in [1.807, 2.05) is 39.8 Å². The molecule has 7 amide bonds. The second kappa shape index (κ2) is 27.0. The number of carbonyl (C=O) groups is 7. The number of nitrogens with one attached hydrogen (secondary N) is 3. The highest BCUT2D eigenvalue weighted by molar-refractivity contribution is 6.14. The predicted octanol–water partition coefficient (Wildman–Crippen LogP) is 1.89. The Labute approximate surface area is 316 Å². The minimum atomic E-state index is -1.40. The number of allylic oxidation sites excluding steroid dienone is 2. The molecule has 0 aromatic rings. The van der Waals surface area contributed by atoms with Crippen LogP contribution in [0.4, 0.5) is 0 Å². The molecule has 0 fully saturated rings. The van der Waals surface area contributed by atoms with Crippen LogP contribution in [0.2, 0.25) is 0 Å². The Kier molecular flexibility index (Phi) is 25.1. The van der Waals surface area contributed by atoms with Crippen molar-refractivity contribution in [2.45, 2.75) is 144 Å². The maximum absolute atomic E-state index is 14.6. The van der Waals surface area contributed by atoms with Crippen molar-refractivity contribution in [3.8, 4) is 0 Å². The van der Waals surface area contributed by atoms with E-state index in [2.05, 4.69) is 22.9 Å². The van der Waals surface area contributed by atoms with Crippen LogP contribution in [0.5, 0.6) is 0 Å². The lowest BCUT2D eigenvalue weighted by Gasteiger charge is -2.41. The van der Waals surface area contributed by atoms with Gasteiger partial charge >= 0.3 is 0 Å². The number of unbranched alkanes of at least 4 members (excludes halogenated alkanes) is 3. The number of aliphatic hydroxyl groups excluding tert-OH is 1. The zero-order valence-electron chi connectivity index (χ0n) is 33.4. The molecule has 0 saturated heterocycles. The summed E-state index contributed by atoms with van der Waals surface area (Å²) in [6.45, 7) is 12.8. The number of hydrogen-bond donors (Lipinski definition) is 6. The van der Waals surface area contributed by atoms with Gasteiger partial charge in [-0.25, -0.2) is 4.90 Å². The standard InChI is InChI=1S/C38H69N7O8/c1-9-11-12-13-14-15-16-17-32(47)41-22-33(48)42-23-34(49)43-30(19-26(5)6)37(52)44(28(24-46)18-25(3)4)31(20-27(7)8)38(53)45(35(50)21-39)36(51)29(40)10-2/h14-15,25-31,46H,9-13,16-24,39-40H2,1-8H3,(H,41,47)(H,42,48)(H,43,49)/b15-14+/t28?,29?,30-,31-/m0/s1. The molecule has 4 atom stereocenters. The Balaban J connectivity index is 6.22. The topological polar surface area (TPSA) is 234 Å². The molecule has 0 spiro atoms. The molecule has 53 heavy (non-hydrogen) atoms. The number of amides is 7. The second-order valence-corrected chi connectivity index (χ2v) is 14.8. The van der Waals surface area contributed by atoms with Crippen LogP contribution in [0.1, 0.15) is 120 Å². The van der Waals surface area contributed by atoms with Crippen LogP contribution in [0.25, 0.3) is 0 Å². The van der Waals surface area contributed by atoms with Crippen molar-refractivity contribution in [1.82, 2.24) is 25.8 Å². The summed E-state index contributed by atoms with van der Waals surface area (Å²) in [4.78, 5) is 94.6. The van der Waals surface area contributed by atoms with E-state index in [0.717, 1.165) is 25.7 Å². The first-order valence-corrected chi connectivity index (χ1v) is 19.2. The number of nitrogens with zero attached hydrogens (tertiary/aromatic N) is 2. The van der Waals surface area contributed by atoms with Crippen LogP contribution in [-0.2, 0) is 33.6 Å². The fourth-order valence-electron chi connectivity index (χ4n) is 5.71. The zero-order valence-corrected chi connectivity index (χ0v) is 33.4. The molecule has 2 unspecified atom stereocenters.